The Balaban J connectivity index is 2.79. The zero-order valence-corrected chi connectivity index (χ0v) is 10.2. The lowest BCUT2D eigenvalue weighted by molar-refractivity contribution is -0.138. The van der Waals surface area contributed by atoms with E-state index in [-0.39, 0.29) is 5.92 Å². The number of aromatic nitrogens is 1. The van der Waals surface area contributed by atoms with Gasteiger partial charge in [0.25, 0.3) is 0 Å². The zero-order valence-electron chi connectivity index (χ0n) is 8.57. The van der Waals surface area contributed by atoms with Gasteiger partial charge in [0.1, 0.15) is 6.04 Å². The lowest BCUT2D eigenvalue weighted by atomic mass is 10.0. The van der Waals surface area contributed by atoms with Crippen LogP contribution in [0, 0.1) is 5.92 Å². The van der Waals surface area contributed by atoms with Crippen molar-refractivity contribution >= 4 is 27.6 Å². The minimum Gasteiger partial charge on any atom is -0.480 e. The quantitative estimate of drug-likeness (QED) is 0.884. The summed E-state index contributed by atoms with van der Waals surface area (Å²) in [4.78, 5) is 14.9. The molecule has 2 N–H and O–H groups in total. The molecule has 1 aromatic rings. The van der Waals surface area contributed by atoms with Gasteiger partial charge in [0, 0.05) is 10.7 Å². The summed E-state index contributed by atoms with van der Waals surface area (Å²) in [6.07, 6.45) is 3.25. The molecule has 0 fully saturated rings. The van der Waals surface area contributed by atoms with Gasteiger partial charge in [-0.3, -0.25) is 4.98 Å². The average Bonchev–Trinajstić information content (AvgIpc) is 2.13. The molecule has 5 heteroatoms. The monoisotopic (exact) mass is 272 g/mol. The van der Waals surface area contributed by atoms with Crippen LogP contribution >= 0.6 is 15.9 Å². The Morgan fingerprint density at radius 2 is 2.20 bits per heavy atom. The van der Waals surface area contributed by atoms with Crippen LogP contribution in [-0.2, 0) is 4.79 Å². The van der Waals surface area contributed by atoms with Gasteiger partial charge < -0.3 is 10.4 Å². The fraction of sp³-hybridized carbons (Fsp3) is 0.400. The highest BCUT2D eigenvalue weighted by molar-refractivity contribution is 9.10. The third-order valence-corrected chi connectivity index (χ3v) is 2.39. The summed E-state index contributed by atoms with van der Waals surface area (Å²) in [5.41, 5.74) is 0.700. The maximum absolute atomic E-state index is 10.9. The van der Waals surface area contributed by atoms with Crippen molar-refractivity contribution in [3.8, 4) is 0 Å². The zero-order chi connectivity index (χ0) is 11.4. The Hall–Kier alpha value is -1.10. The average molecular weight is 273 g/mol. The molecule has 0 amide bonds. The second kappa shape index (κ2) is 5.11. The molecule has 0 saturated carbocycles. The number of anilines is 1. The molecule has 4 nitrogen and oxygen atoms in total. The van der Waals surface area contributed by atoms with E-state index in [0.717, 1.165) is 4.47 Å². The molecule has 0 radical (unpaired) electrons. The number of carbonyl (C=O) groups is 1. The third-order valence-electron chi connectivity index (χ3n) is 1.96. The summed E-state index contributed by atoms with van der Waals surface area (Å²) < 4.78 is 0.820. The van der Waals surface area contributed by atoms with Crippen LogP contribution in [0.15, 0.2) is 22.9 Å². The van der Waals surface area contributed by atoms with Crippen LogP contribution < -0.4 is 5.32 Å². The van der Waals surface area contributed by atoms with Crippen molar-refractivity contribution in [2.75, 3.05) is 5.32 Å². The number of aliphatic carboxylic acids is 1. The topological polar surface area (TPSA) is 62.2 Å². The lowest BCUT2D eigenvalue weighted by Gasteiger charge is -2.18. The smallest absolute Gasteiger partial charge is 0.326 e. The summed E-state index contributed by atoms with van der Waals surface area (Å²) in [6, 6.07) is 1.20. The van der Waals surface area contributed by atoms with Crippen LogP contribution in [0.3, 0.4) is 0 Å². The summed E-state index contributed by atoms with van der Waals surface area (Å²) >= 11 is 3.28. The van der Waals surface area contributed by atoms with Crippen molar-refractivity contribution in [3.05, 3.63) is 22.9 Å². The van der Waals surface area contributed by atoms with Crippen molar-refractivity contribution in [1.82, 2.24) is 4.98 Å². The number of hydrogen-bond donors (Lipinski definition) is 2. The minimum atomic E-state index is -0.857. The third kappa shape index (κ3) is 3.51. The largest absolute Gasteiger partial charge is 0.480 e. The maximum Gasteiger partial charge on any atom is 0.326 e. The van der Waals surface area contributed by atoms with Gasteiger partial charge in [-0.2, -0.15) is 0 Å². The van der Waals surface area contributed by atoms with Crippen LogP contribution in [0.5, 0.6) is 0 Å². The second-order valence-electron chi connectivity index (χ2n) is 3.60. The van der Waals surface area contributed by atoms with Gasteiger partial charge in [-0.15, -0.1) is 0 Å². The van der Waals surface area contributed by atoms with E-state index in [0.29, 0.717) is 5.69 Å². The molecule has 0 bridgehead atoms. The molecule has 1 atom stereocenters. The van der Waals surface area contributed by atoms with Gasteiger partial charge in [-0.05, 0) is 27.9 Å². The normalized spacial score (nSPS) is 12.5. The minimum absolute atomic E-state index is 0.0153. The predicted octanol–water partition coefficient (Wildman–Crippen LogP) is 2.37. The Bertz CT molecular complexity index is 355. The molecule has 1 aromatic heterocycles. The molecule has 0 saturated heterocycles. The summed E-state index contributed by atoms with van der Waals surface area (Å²) in [5.74, 6) is -0.841. The van der Waals surface area contributed by atoms with E-state index in [4.69, 9.17) is 5.11 Å². The van der Waals surface area contributed by atoms with Crippen molar-refractivity contribution in [1.29, 1.82) is 0 Å². The van der Waals surface area contributed by atoms with Crippen molar-refractivity contribution in [2.45, 2.75) is 19.9 Å². The second-order valence-corrected chi connectivity index (χ2v) is 4.51. The van der Waals surface area contributed by atoms with E-state index in [1.165, 1.54) is 0 Å². The molecule has 0 unspecified atom stereocenters. The van der Waals surface area contributed by atoms with E-state index >= 15 is 0 Å². The molecule has 0 aliphatic carbocycles. The molecule has 0 aliphatic rings. The molecular formula is C10H13BrN2O2. The van der Waals surface area contributed by atoms with E-state index < -0.39 is 12.0 Å². The van der Waals surface area contributed by atoms with Crippen LogP contribution in [0.4, 0.5) is 5.69 Å². The van der Waals surface area contributed by atoms with Gasteiger partial charge in [-0.25, -0.2) is 4.79 Å². The maximum atomic E-state index is 10.9. The number of hydrogen-bond acceptors (Lipinski definition) is 3. The number of rotatable bonds is 4. The molecular weight excluding hydrogens is 260 g/mol. The highest BCUT2D eigenvalue weighted by atomic mass is 79.9. The first-order valence-electron chi connectivity index (χ1n) is 4.60. The Morgan fingerprint density at radius 3 is 2.67 bits per heavy atom. The lowest BCUT2D eigenvalue weighted by Crippen LogP contribution is -2.34. The fourth-order valence-electron chi connectivity index (χ4n) is 1.18. The first-order chi connectivity index (χ1) is 7.00. The Labute approximate surface area is 96.8 Å². The molecule has 15 heavy (non-hydrogen) atoms. The van der Waals surface area contributed by atoms with Crippen molar-refractivity contribution in [2.24, 2.45) is 5.92 Å². The number of nitrogens with zero attached hydrogens (tertiary/aromatic N) is 1. The SMILES string of the molecule is CC(C)[C@@H](Nc1cncc(Br)c1)C(=O)O. The van der Waals surface area contributed by atoms with Crippen LogP contribution in [0.2, 0.25) is 0 Å². The number of carboxylic acid groups (broad SMARTS) is 1. The number of carboxylic acids is 1. The van der Waals surface area contributed by atoms with Crippen LogP contribution in [0.25, 0.3) is 0 Å². The Morgan fingerprint density at radius 1 is 1.53 bits per heavy atom. The Kier molecular flexibility index (Phi) is 4.08. The predicted molar refractivity (Wildman–Crippen MR) is 61.8 cm³/mol. The standard InChI is InChI=1S/C10H13BrN2O2/c1-6(2)9(10(14)15)13-8-3-7(11)4-12-5-8/h3-6,9,13H,1-2H3,(H,14,15)/t9-/m1/s1. The van der Waals surface area contributed by atoms with E-state index in [1.54, 1.807) is 18.5 Å². The fourth-order valence-corrected chi connectivity index (χ4v) is 1.55. The number of pyridine rings is 1. The summed E-state index contributed by atoms with van der Waals surface area (Å²) in [5, 5.41) is 11.9. The molecule has 1 heterocycles. The molecule has 1 rings (SSSR count). The molecule has 82 valence electrons. The summed E-state index contributed by atoms with van der Waals surface area (Å²) in [6.45, 7) is 3.72. The van der Waals surface area contributed by atoms with Crippen LogP contribution in [-0.4, -0.2) is 22.1 Å². The highest BCUT2D eigenvalue weighted by Gasteiger charge is 2.20. The number of nitrogens with one attached hydrogen (secondary N) is 1. The highest BCUT2D eigenvalue weighted by Crippen LogP contribution is 2.16. The van der Waals surface area contributed by atoms with Gasteiger partial charge in [0.15, 0.2) is 0 Å². The van der Waals surface area contributed by atoms with Gasteiger partial charge in [0.05, 0.1) is 11.9 Å². The van der Waals surface area contributed by atoms with Gasteiger partial charge in [0.2, 0.25) is 0 Å². The van der Waals surface area contributed by atoms with Gasteiger partial charge in [-0.1, -0.05) is 13.8 Å². The number of halogens is 1. The molecule has 0 spiro atoms. The van der Waals surface area contributed by atoms with Crippen LogP contribution in [0.1, 0.15) is 13.8 Å². The van der Waals surface area contributed by atoms with E-state index in [1.807, 2.05) is 13.8 Å². The molecule has 0 aromatic carbocycles. The van der Waals surface area contributed by atoms with Crippen molar-refractivity contribution < 1.29 is 9.90 Å². The summed E-state index contributed by atoms with van der Waals surface area (Å²) in [7, 11) is 0. The van der Waals surface area contributed by atoms with E-state index in [9.17, 15) is 4.79 Å². The molecule has 0 aliphatic heterocycles. The van der Waals surface area contributed by atoms with Crippen molar-refractivity contribution in [3.63, 3.8) is 0 Å². The van der Waals surface area contributed by atoms with E-state index in [2.05, 4.69) is 26.2 Å². The first-order valence-corrected chi connectivity index (χ1v) is 5.40. The van der Waals surface area contributed by atoms with Gasteiger partial charge >= 0.3 is 5.97 Å². The first kappa shape index (κ1) is 12.0.